The summed E-state index contributed by atoms with van der Waals surface area (Å²) >= 11 is 0. The highest BCUT2D eigenvalue weighted by molar-refractivity contribution is 7.89. The fraction of sp³-hybridized carbons (Fsp3) is 0.333. The number of benzene rings is 1. The number of amides is 1. The van der Waals surface area contributed by atoms with Gasteiger partial charge in [0.1, 0.15) is 5.75 Å². The van der Waals surface area contributed by atoms with Crippen molar-refractivity contribution in [3.05, 3.63) is 48.8 Å². The summed E-state index contributed by atoms with van der Waals surface area (Å²) in [6.07, 6.45) is 5.93. The average molecular weight is 375 g/mol. The van der Waals surface area contributed by atoms with Crippen molar-refractivity contribution in [1.29, 1.82) is 0 Å². The summed E-state index contributed by atoms with van der Waals surface area (Å²) in [6, 6.07) is 9.71. The molecule has 2 aromatic rings. The van der Waals surface area contributed by atoms with Crippen molar-refractivity contribution < 1.29 is 17.9 Å². The van der Waals surface area contributed by atoms with E-state index in [1.54, 1.807) is 36.5 Å². The first kappa shape index (κ1) is 18.3. The topological polar surface area (TPSA) is 88.6 Å². The van der Waals surface area contributed by atoms with Gasteiger partial charge in [-0.3, -0.25) is 9.78 Å². The molecular formula is C18H21N3O4S. The van der Waals surface area contributed by atoms with E-state index in [1.165, 1.54) is 16.6 Å². The van der Waals surface area contributed by atoms with Crippen LogP contribution in [0.15, 0.2) is 53.7 Å². The summed E-state index contributed by atoms with van der Waals surface area (Å²) in [4.78, 5) is 16.1. The van der Waals surface area contributed by atoms with Gasteiger partial charge in [0, 0.05) is 25.0 Å². The monoisotopic (exact) mass is 375 g/mol. The second kappa shape index (κ2) is 8.29. The Bertz CT molecular complexity index is 850. The number of ether oxygens (including phenoxy) is 1. The molecule has 1 amide bonds. The van der Waals surface area contributed by atoms with E-state index in [4.69, 9.17) is 4.74 Å². The van der Waals surface area contributed by atoms with Crippen LogP contribution in [-0.4, -0.2) is 43.3 Å². The number of nitrogens with one attached hydrogen (secondary N) is 1. The number of aromatic nitrogens is 1. The highest BCUT2D eigenvalue weighted by atomic mass is 32.2. The standard InChI is InChI=1S/C18H21N3O4S/c22-18(14-25-16-7-5-9-19-13-16)20-15-6-4-8-17(12-15)26(23,24)21-10-2-1-3-11-21/h4-9,12-13H,1-3,10-11,14H2,(H,20,22). The van der Waals surface area contributed by atoms with Crippen LogP contribution in [0.4, 0.5) is 5.69 Å². The smallest absolute Gasteiger partial charge is 0.262 e. The first-order chi connectivity index (χ1) is 12.6. The first-order valence-electron chi connectivity index (χ1n) is 8.48. The zero-order valence-electron chi connectivity index (χ0n) is 14.3. The van der Waals surface area contributed by atoms with Crippen molar-refractivity contribution in [2.75, 3.05) is 25.0 Å². The molecule has 2 heterocycles. The Labute approximate surface area is 153 Å². The van der Waals surface area contributed by atoms with Gasteiger partial charge in [-0.15, -0.1) is 0 Å². The van der Waals surface area contributed by atoms with Crippen LogP contribution in [0, 0.1) is 0 Å². The Morgan fingerprint density at radius 1 is 1.15 bits per heavy atom. The van der Waals surface area contributed by atoms with E-state index in [0.29, 0.717) is 24.5 Å². The number of anilines is 1. The van der Waals surface area contributed by atoms with Gasteiger partial charge in [0.25, 0.3) is 5.91 Å². The largest absolute Gasteiger partial charge is 0.482 e. The molecule has 1 aromatic carbocycles. The third-order valence-corrected chi connectivity index (χ3v) is 5.97. The van der Waals surface area contributed by atoms with Crippen LogP contribution in [0.1, 0.15) is 19.3 Å². The van der Waals surface area contributed by atoms with E-state index in [1.807, 2.05) is 0 Å². The molecule has 1 N–H and O–H groups in total. The fourth-order valence-corrected chi connectivity index (χ4v) is 4.33. The predicted molar refractivity (Wildman–Crippen MR) is 97.4 cm³/mol. The lowest BCUT2D eigenvalue weighted by molar-refractivity contribution is -0.118. The summed E-state index contributed by atoms with van der Waals surface area (Å²) in [6.45, 7) is 0.893. The number of hydrogen-bond acceptors (Lipinski definition) is 5. The highest BCUT2D eigenvalue weighted by Gasteiger charge is 2.26. The number of nitrogens with zero attached hydrogens (tertiary/aromatic N) is 2. The molecule has 7 nitrogen and oxygen atoms in total. The molecular weight excluding hydrogens is 354 g/mol. The van der Waals surface area contributed by atoms with Crippen molar-refractivity contribution in [3.8, 4) is 5.75 Å². The highest BCUT2D eigenvalue weighted by Crippen LogP contribution is 2.22. The lowest BCUT2D eigenvalue weighted by Crippen LogP contribution is -2.35. The van der Waals surface area contributed by atoms with Gasteiger partial charge < -0.3 is 10.1 Å². The van der Waals surface area contributed by atoms with Crippen LogP contribution in [0.3, 0.4) is 0 Å². The first-order valence-corrected chi connectivity index (χ1v) is 9.92. The van der Waals surface area contributed by atoms with Gasteiger partial charge in [0.05, 0.1) is 11.1 Å². The maximum absolute atomic E-state index is 12.7. The second-order valence-electron chi connectivity index (χ2n) is 6.02. The molecule has 1 aliphatic heterocycles. The third kappa shape index (κ3) is 4.59. The Hall–Kier alpha value is -2.45. The number of carbonyl (C=O) groups excluding carboxylic acids is 1. The molecule has 0 unspecified atom stereocenters. The van der Waals surface area contributed by atoms with E-state index >= 15 is 0 Å². The molecule has 0 bridgehead atoms. The second-order valence-corrected chi connectivity index (χ2v) is 7.96. The quantitative estimate of drug-likeness (QED) is 0.837. The summed E-state index contributed by atoms with van der Waals surface area (Å²) < 4.78 is 32.3. The fourth-order valence-electron chi connectivity index (χ4n) is 2.77. The van der Waals surface area contributed by atoms with Crippen molar-refractivity contribution in [2.24, 2.45) is 0 Å². The number of sulfonamides is 1. The normalized spacial score (nSPS) is 15.4. The molecule has 3 rings (SSSR count). The van der Waals surface area contributed by atoms with Crippen LogP contribution in [-0.2, 0) is 14.8 Å². The maximum Gasteiger partial charge on any atom is 0.262 e. The molecule has 138 valence electrons. The lowest BCUT2D eigenvalue weighted by atomic mass is 10.2. The van der Waals surface area contributed by atoms with E-state index in [9.17, 15) is 13.2 Å². The van der Waals surface area contributed by atoms with Crippen molar-refractivity contribution >= 4 is 21.6 Å². The number of pyridine rings is 1. The minimum absolute atomic E-state index is 0.186. The van der Waals surface area contributed by atoms with Crippen molar-refractivity contribution in [2.45, 2.75) is 24.2 Å². The number of carbonyl (C=O) groups is 1. The number of hydrogen-bond donors (Lipinski definition) is 1. The molecule has 0 aliphatic carbocycles. The SMILES string of the molecule is O=C(COc1cccnc1)Nc1cccc(S(=O)(=O)N2CCCCC2)c1. The van der Waals surface area contributed by atoms with Crippen LogP contribution >= 0.6 is 0 Å². The average Bonchev–Trinajstić information content (AvgIpc) is 2.68. The van der Waals surface area contributed by atoms with Gasteiger partial charge in [-0.1, -0.05) is 12.5 Å². The van der Waals surface area contributed by atoms with Gasteiger partial charge in [-0.2, -0.15) is 4.31 Å². The zero-order valence-corrected chi connectivity index (χ0v) is 15.1. The van der Waals surface area contributed by atoms with Crippen molar-refractivity contribution in [1.82, 2.24) is 9.29 Å². The van der Waals surface area contributed by atoms with Crippen LogP contribution < -0.4 is 10.1 Å². The Kier molecular flexibility index (Phi) is 5.85. The van der Waals surface area contributed by atoms with E-state index < -0.39 is 10.0 Å². The minimum Gasteiger partial charge on any atom is -0.482 e. The molecule has 0 radical (unpaired) electrons. The van der Waals surface area contributed by atoms with Crippen LogP contribution in [0.5, 0.6) is 5.75 Å². The summed E-state index contributed by atoms with van der Waals surface area (Å²) in [7, 11) is -3.53. The molecule has 1 aliphatic rings. The van der Waals surface area contributed by atoms with Gasteiger partial charge in [0.2, 0.25) is 10.0 Å². The number of piperidine rings is 1. The van der Waals surface area contributed by atoms with E-state index in [2.05, 4.69) is 10.3 Å². The summed E-state index contributed by atoms with van der Waals surface area (Å²) in [5.41, 5.74) is 0.419. The molecule has 0 saturated carbocycles. The predicted octanol–water partition coefficient (Wildman–Crippen LogP) is 2.27. The van der Waals surface area contributed by atoms with Gasteiger partial charge in [-0.05, 0) is 43.2 Å². The third-order valence-electron chi connectivity index (χ3n) is 4.07. The summed E-state index contributed by atoms with van der Waals surface area (Å²) in [5.74, 6) is 0.116. The molecule has 1 saturated heterocycles. The molecule has 1 aromatic heterocycles. The van der Waals surface area contributed by atoms with Gasteiger partial charge in [0.15, 0.2) is 6.61 Å². The maximum atomic E-state index is 12.7. The Morgan fingerprint density at radius 3 is 2.69 bits per heavy atom. The Morgan fingerprint density at radius 2 is 1.96 bits per heavy atom. The van der Waals surface area contributed by atoms with E-state index in [-0.39, 0.29) is 17.4 Å². The molecule has 0 atom stereocenters. The number of rotatable bonds is 6. The zero-order chi connectivity index (χ0) is 18.4. The molecule has 26 heavy (non-hydrogen) atoms. The molecule has 8 heteroatoms. The van der Waals surface area contributed by atoms with E-state index in [0.717, 1.165) is 19.3 Å². The summed E-state index contributed by atoms with van der Waals surface area (Å²) in [5, 5.41) is 2.66. The van der Waals surface area contributed by atoms with Crippen molar-refractivity contribution in [3.63, 3.8) is 0 Å². The Balaban J connectivity index is 1.64. The minimum atomic E-state index is -3.53. The van der Waals surface area contributed by atoms with Crippen LogP contribution in [0.2, 0.25) is 0 Å². The van der Waals surface area contributed by atoms with Gasteiger partial charge in [-0.25, -0.2) is 8.42 Å². The van der Waals surface area contributed by atoms with Gasteiger partial charge >= 0.3 is 0 Å². The molecule has 0 spiro atoms. The molecule has 1 fully saturated rings. The van der Waals surface area contributed by atoms with Crippen LogP contribution in [0.25, 0.3) is 0 Å². The lowest BCUT2D eigenvalue weighted by Gasteiger charge is -2.26.